The minimum Gasteiger partial charge on any atom is -0.392 e. The highest BCUT2D eigenvalue weighted by Gasteiger charge is 2.28. The number of aliphatic hydroxyl groups excluding tert-OH is 1. The lowest BCUT2D eigenvalue weighted by Gasteiger charge is -2.22. The summed E-state index contributed by atoms with van der Waals surface area (Å²) in [6.45, 7) is 3.69. The molecule has 0 saturated heterocycles. The van der Waals surface area contributed by atoms with Crippen LogP contribution in [0, 0.1) is 0 Å². The Balaban J connectivity index is 2.26. The molecular weight excluding hydrogens is 276 g/mol. The molecule has 0 aliphatic heterocycles. The van der Waals surface area contributed by atoms with Crippen molar-refractivity contribution in [3.8, 4) is 0 Å². The normalized spacial score (nSPS) is 18.9. The van der Waals surface area contributed by atoms with Gasteiger partial charge in [-0.05, 0) is 26.2 Å². The van der Waals surface area contributed by atoms with Gasteiger partial charge in [0, 0.05) is 6.42 Å². The number of Topliss-reactive ketones (excluding diaryl/α,β-unsaturated/α-hetero) is 2. The largest absolute Gasteiger partial charge is 0.392 e. The van der Waals surface area contributed by atoms with Gasteiger partial charge in [-0.15, -0.1) is 0 Å². The first-order chi connectivity index (χ1) is 10.6. The summed E-state index contributed by atoms with van der Waals surface area (Å²) in [7, 11) is 0. The van der Waals surface area contributed by atoms with Crippen LogP contribution in [-0.2, 0) is 9.59 Å². The Morgan fingerprint density at radius 2 is 1.55 bits per heavy atom. The Bertz CT molecular complexity index is 395. The van der Waals surface area contributed by atoms with Gasteiger partial charge in [-0.25, -0.2) is 0 Å². The lowest BCUT2D eigenvalue weighted by atomic mass is 9.84. The van der Waals surface area contributed by atoms with Crippen molar-refractivity contribution >= 4 is 11.6 Å². The number of carbonyl (C=O) groups excluding carboxylic acids is 2. The van der Waals surface area contributed by atoms with E-state index in [4.69, 9.17) is 0 Å². The minimum atomic E-state index is -0.593. The molecule has 1 aliphatic rings. The summed E-state index contributed by atoms with van der Waals surface area (Å²) in [5, 5.41) is 9.73. The molecule has 0 radical (unpaired) electrons. The zero-order valence-electron chi connectivity index (χ0n) is 14.3. The molecule has 22 heavy (non-hydrogen) atoms. The van der Waals surface area contributed by atoms with Crippen LogP contribution in [0.3, 0.4) is 0 Å². The van der Waals surface area contributed by atoms with E-state index in [1.807, 2.05) is 0 Å². The van der Waals surface area contributed by atoms with Crippen molar-refractivity contribution in [2.45, 2.75) is 97.0 Å². The standard InChI is InChI=1S/C19H32O3/c1-3-4-5-6-7-8-9-10-11-12-16-13-17(21)14-18(22)19(16)15(2)20/h17,21H,3-14H2,1-2H3. The van der Waals surface area contributed by atoms with E-state index in [1.54, 1.807) is 0 Å². The van der Waals surface area contributed by atoms with Gasteiger partial charge < -0.3 is 5.11 Å². The molecule has 0 amide bonds. The second kappa shape index (κ2) is 10.7. The first-order valence-corrected chi connectivity index (χ1v) is 9.00. The van der Waals surface area contributed by atoms with Gasteiger partial charge in [-0.2, -0.15) is 0 Å². The van der Waals surface area contributed by atoms with Crippen LogP contribution >= 0.6 is 0 Å². The summed E-state index contributed by atoms with van der Waals surface area (Å²) < 4.78 is 0. The number of allylic oxidation sites excluding steroid dienone is 1. The first-order valence-electron chi connectivity index (χ1n) is 9.00. The number of hydrogen-bond donors (Lipinski definition) is 1. The zero-order valence-corrected chi connectivity index (χ0v) is 14.3. The van der Waals surface area contributed by atoms with Crippen molar-refractivity contribution in [3.05, 3.63) is 11.1 Å². The van der Waals surface area contributed by atoms with Crippen LogP contribution in [0.4, 0.5) is 0 Å². The van der Waals surface area contributed by atoms with Crippen molar-refractivity contribution in [2.24, 2.45) is 0 Å². The smallest absolute Gasteiger partial charge is 0.168 e. The predicted molar refractivity (Wildman–Crippen MR) is 89.8 cm³/mol. The maximum Gasteiger partial charge on any atom is 0.168 e. The third kappa shape index (κ3) is 6.87. The molecule has 1 rings (SSSR count). The lowest BCUT2D eigenvalue weighted by Crippen LogP contribution is -2.26. The second-order valence-corrected chi connectivity index (χ2v) is 6.60. The fourth-order valence-electron chi connectivity index (χ4n) is 3.29. The highest BCUT2D eigenvalue weighted by molar-refractivity contribution is 6.20. The molecule has 3 heteroatoms. The van der Waals surface area contributed by atoms with E-state index < -0.39 is 6.10 Å². The Morgan fingerprint density at radius 1 is 1.00 bits per heavy atom. The third-order valence-electron chi connectivity index (χ3n) is 4.47. The SMILES string of the molecule is CCCCCCCCCCCC1=C(C(C)=O)C(=O)CC(O)C1. The number of unbranched alkanes of at least 4 members (excludes halogenated alkanes) is 8. The summed E-state index contributed by atoms with van der Waals surface area (Å²) >= 11 is 0. The zero-order chi connectivity index (χ0) is 16.4. The Hall–Kier alpha value is -0.960. The highest BCUT2D eigenvalue weighted by Crippen LogP contribution is 2.27. The molecule has 0 aromatic rings. The van der Waals surface area contributed by atoms with Crippen LogP contribution in [-0.4, -0.2) is 22.8 Å². The number of aliphatic hydroxyl groups is 1. The maximum atomic E-state index is 11.9. The van der Waals surface area contributed by atoms with Crippen LogP contribution in [0.5, 0.6) is 0 Å². The average Bonchev–Trinajstić information content (AvgIpc) is 2.44. The van der Waals surface area contributed by atoms with Gasteiger partial charge in [0.25, 0.3) is 0 Å². The van der Waals surface area contributed by atoms with Gasteiger partial charge in [0.1, 0.15) is 0 Å². The molecule has 0 fully saturated rings. The Labute approximate surface area is 135 Å². The molecule has 0 heterocycles. The molecule has 0 aromatic heterocycles. The van der Waals surface area contributed by atoms with Crippen molar-refractivity contribution in [3.63, 3.8) is 0 Å². The van der Waals surface area contributed by atoms with Crippen molar-refractivity contribution in [1.82, 2.24) is 0 Å². The third-order valence-corrected chi connectivity index (χ3v) is 4.47. The molecule has 0 saturated carbocycles. The van der Waals surface area contributed by atoms with E-state index in [0.29, 0.717) is 12.0 Å². The lowest BCUT2D eigenvalue weighted by molar-refractivity contribution is -0.122. The van der Waals surface area contributed by atoms with Gasteiger partial charge in [0.15, 0.2) is 11.6 Å². The first kappa shape index (κ1) is 19.1. The van der Waals surface area contributed by atoms with Gasteiger partial charge in [-0.1, -0.05) is 63.9 Å². The average molecular weight is 308 g/mol. The van der Waals surface area contributed by atoms with E-state index in [-0.39, 0.29) is 18.0 Å². The molecule has 0 aromatic carbocycles. The molecule has 0 spiro atoms. The summed E-state index contributed by atoms with van der Waals surface area (Å²) in [5.41, 5.74) is 1.27. The fourth-order valence-corrected chi connectivity index (χ4v) is 3.29. The van der Waals surface area contributed by atoms with E-state index in [0.717, 1.165) is 24.8 Å². The summed E-state index contributed by atoms with van der Waals surface area (Å²) in [5.74, 6) is -0.306. The molecule has 0 bridgehead atoms. The van der Waals surface area contributed by atoms with Crippen LogP contribution < -0.4 is 0 Å². The van der Waals surface area contributed by atoms with Crippen LogP contribution in [0.2, 0.25) is 0 Å². The van der Waals surface area contributed by atoms with E-state index in [2.05, 4.69) is 6.92 Å². The second-order valence-electron chi connectivity index (χ2n) is 6.60. The van der Waals surface area contributed by atoms with E-state index >= 15 is 0 Å². The highest BCUT2D eigenvalue weighted by atomic mass is 16.3. The number of hydrogen-bond acceptors (Lipinski definition) is 3. The summed E-state index contributed by atoms with van der Waals surface area (Å²) in [6.07, 6.45) is 12.1. The number of rotatable bonds is 11. The maximum absolute atomic E-state index is 11.9. The van der Waals surface area contributed by atoms with Crippen LogP contribution in [0.1, 0.15) is 90.9 Å². The molecule has 1 aliphatic carbocycles. The van der Waals surface area contributed by atoms with Crippen molar-refractivity contribution in [1.29, 1.82) is 0 Å². The van der Waals surface area contributed by atoms with E-state index in [1.165, 1.54) is 51.9 Å². The molecule has 1 unspecified atom stereocenters. The van der Waals surface area contributed by atoms with Gasteiger partial charge in [0.2, 0.25) is 0 Å². The summed E-state index contributed by atoms with van der Waals surface area (Å²) in [6, 6.07) is 0. The Kier molecular flexibility index (Phi) is 9.30. The van der Waals surface area contributed by atoms with Crippen molar-refractivity contribution < 1.29 is 14.7 Å². The minimum absolute atomic E-state index is 0.107. The fraction of sp³-hybridized carbons (Fsp3) is 0.789. The molecule has 126 valence electrons. The number of ketones is 2. The quantitative estimate of drug-likeness (QED) is 0.451. The number of carbonyl (C=O) groups is 2. The van der Waals surface area contributed by atoms with Crippen LogP contribution in [0.15, 0.2) is 11.1 Å². The van der Waals surface area contributed by atoms with Crippen LogP contribution in [0.25, 0.3) is 0 Å². The molecule has 1 N–H and O–H groups in total. The van der Waals surface area contributed by atoms with Gasteiger partial charge in [-0.3, -0.25) is 9.59 Å². The van der Waals surface area contributed by atoms with Gasteiger partial charge in [0.05, 0.1) is 11.7 Å². The predicted octanol–water partition coefficient (Wildman–Crippen LogP) is 4.52. The summed E-state index contributed by atoms with van der Waals surface area (Å²) in [4.78, 5) is 23.5. The Morgan fingerprint density at radius 3 is 2.09 bits per heavy atom. The molecule has 3 nitrogen and oxygen atoms in total. The molecule has 1 atom stereocenters. The topological polar surface area (TPSA) is 54.4 Å². The van der Waals surface area contributed by atoms with Crippen molar-refractivity contribution in [2.75, 3.05) is 0 Å². The monoisotopic (exact) mass is 308 g/mol. The van der Waals surface area contributed by atoms with Gasteiger partial charge >= 0.3 is 0 Å². The molecular formula is C19H32O3. The van der Waals surface area contributed by atoms with E-state index in [9.17, 15) is 14.7 Å².